The van der Waals surface area contributed by atoms with Crippen molar-refractivity contribution in [1.82, 2.24) is 15.0 Å². The highest BCUT2D eigenvalue weighted by molar-refractivity contribution is 5.86. The summed E-state index contributed by atoms with van der Waals surface area (Å²) in [6, 6.07) is 9.89. The molecule has 1 heterocycles. The molecule has 3 rings (SSSR count). The molecule has 0 aliphatic rings. The molecule has 0 radical (unpaired) electrons. The molecular weight excluding hydrogens is 338 g/mol. The van der Waals surface area contributed by atoms with Crippen LogP contribution in [-0.2, 0) is 10.2 Å². The summed E-state index contributed by atoms with van der Waals surface area (Å²) in [5.41, 5.74) is 5.26. The molecule has 0 fully saturated rings. The van der Waals surface area contributed by atoms with Crippen molar-refractivity contribution in [3.63, 3.8) is 0 Å². The van der Waals surface area contributed by atoms with Crippen LogP contribution in [0.15, 0.2) is 43.0 Å². The number of aryl methyl sites for hydroxylation is 2. The summed E-state index contributed by atoms with van der Waals surface area (Å²) in [7, 11) is 0. The number of fused-ring (bicyclic) bond motifs is 1. The third-order valence-electron chi connectivity index (χ3n) is 4.08. The Balaban J connectivity index is 0.000000465. The number of allylic oxidation sites excluding steroid dienone is 1. The smallest absolute Gasteiger partial charge is 0.152 e. The Bertz CT molecular complexity index is 995. The van der Waals surface area contributed by atoms with Gasteiger partial charge in [-0.3, -0.25) is 4.79 Å². The van der Waals surface area contributed by atoms with Gasteiger partial charge in [-0.05, 0) is 61.6 Å². The van der Waals surface area contributed by atoms with Gasteiger partial charge in [0.2, 0.25) is 0 Å². The Morgan fingerprint density at radius 2 is 1.67 bits per heavy atom. The number of benzene rings is 2. The third kappa shape index (κ3) is 4.82. The minimum atomic E-state index is -0.145. The van der Waals surface area contributed by atoms with E-state index in [1.165, 1.54) is 17.8 Å². The lowest BCUT2D eigenvalue weighted by Gasteiger charge is -2.22. The first-order chi connectivity index (χ1) is 12.5. The minimum Gasteiger partial charge on any atom is -0.505 e. The number of phenols is 1. The predicted octanol–water partition coefficient (Wildman–Crippen LogP) is 4.80. The highest BCUT2D eigenvalue weighted by Crippen LogP contribution is 2.36. The van der Waals surface area contributed by atoms with E-state index in [1.54, 1.807) is 0 Å². The molecule has 2 aromatic carbocycles. The molecule has 0 atom stereocenters. The third-order valence-corrected chi connectivity index (χ3v) is 4.08. The molecule has 0 aliphatic carbocycles. The van der Waals surface area contributed by atoms with Gasteiger partial charge in [0, 0.05) is 5.56 Å². The van der Waals surface area contributed by atoms with E-state index in [1.807, 2.05) is 44.2 Å². The van der Waals surface area contributed by atoms with E-state index >= 15 is 0 Å². The van der Waals surface area contributed by atoms with Crippen molar-refractivity contribution >= 4 is 16.8 Å². The molecule has 1 aromatic heterocycles. The van der Waals surface area contributed by atoms with Crippen LogP contribution in [0.1, 0.15) is 44.4 Å². The summed E-state index contributed by atoms with van der Waals surface area (Å²) in [5.74, 6) is 0.264. The van der Waals surface area contributed by atoms with E-state index < -0.39 is 0 Å². The van der Waals surface area contributed by atoms with Gasteiger partial charge < -0.3 is 5.11 Å². The SMILES string of the molecule is C=CC(C)=O.Cc1cc(-n2nc3ccc(C)cc3n2)c(O)c(C(C)(C)C)c1. The average molecular weight is 365 g/mol. The predicted molar refractivity (Wildman–Crippen MR) is 110 cm³/mol. The lowest BCUT2D eigenvalue weighted by Crippen LogP contribution is -2.13. The zero-order chi connectivity index (χ0) is 20.4. The van der Waals surface area contributed by atoms with Crippen molar-refractivity contribution in [2.45, 2.75) is 47.0 Å². The first-order valence-corrected chi connectivity index (χ1v) is 8.84. The normalized spacial score (nSPS) is 11.0. The van der Waals surface area contributed by atoms with Gasteiger partial charge in [-0.25, -0.2) is 0 Å². The van der Waals surface area contributed by atoms with Crippen LogP contribution in [0.25, 0.3) is 16.7 Å². The fourth-order valence-corrected chi connectivity index (χ4v) is 2.62. The van der Waals surface area contributed by atoms with E-state index in [4.69, 9.17) is 0 Å². The van der Waals surface area contributed by atoms with Crippen LogP contribution in [0.2, 0.25) is 0 Å². The molecule has 0 unspecified atom stereocenters. The first-order valence-electron chi connectivity index (χ1n) is 8.84. The maximum atomic E-state index is 10.7. The van der Waals surface area contributed by atoms with Crippen LogP contribution in [0, 0.1) is 13.8 Å². The number of hydrogen-bond acceptors (Lipinski definition) is 4. The van der Waals surface area contributed by atoms with Gasteiger partial charge in [0.05, 0.1) is 0 Å². The van der Waals surface area contributed by atoms with E-state index in [-0.39, 0.29) is 16.9 Å². The molecule has 27 heavy (non-hydrogen) atoms. The standard InChI is InChI=1S/C18H21N3O.C4H6O/c1-11-6-7-14-15(9-11)20-21(19-14)16-10-12(2)8-13(17(16)22)18(3,4)5;1-3-4(2)5/h6-10,22H,1-5H3;3H,1H2,2H3. The molecule has 5 heteroatoms. The Labute approximate surface area is 160 Å². The molecule has 0 spiro atoms. The second-order valence-electron chi connectivity index (χ2n) is 7.73. The summed E-state index contributed by atoms with van der Waals surface area (Å²) < 4.78 is 0. The van der Waals surface area contributed by atoms with Gasteiger partial charge in [-0.15, -0.1) is 15.0 Å². The van der Waals surface area contributed by atoms with Crippen molar-refractivity contribution in [3.05, 3.63) is 59.7 Å². The van der Waals surface area contributed by atoms with Crippen LogP contribution in [-0.4, -0.2) is 25.9 Å². The summed E-state index contributed by atoms with van der Waals surface area (Å²) in [5, 5.41) is 19.7. The lowest BCUT2D eigenvalue weighted by atomic mass is 9.85. The van der Waals surface area contributed by atoms with Crippen LogP contribution in [0.4, 0.5) is 0 Å². The van der Waals surface area contributed by atoms with Gasteiger partial charge in [0.1, 0.15) is 22.5 Å². The number of hydrogen-bond donors (Lipinski definition) is 1. The summed E-state index contributed by atoms with van der Waals surface area (Å²) >= 11 is 0. The Morgan fingerprint density at radius 3 is 2.22 bits per heavy atom. The Morgan fingerprint density at radius 1 is 1.07 bits per heavy atom. The fraction of sp³-hybridized carbons (Fsp3) is 0.318. The lowest BCUT2D eigenvalue weighted by molar-refractivity contribution is -0.112. The Kier molecular flexibility index (Phi) is 5.84. The molecule has 3 aromatic rings. The zero-order valence-electron chi connectivity index (χ0n) is 16.9. The van der Waals surface area contributed by atoms with Crippen LogP contribution < -0.4 is 0 Å². The summed E-state index contributed by atoms with van der Waals surface area (Å²) in [4.78, 5) is 11.2. The van der Waals surface area contributed by atoms with E-state index in [9.17, 15) is 9.90 Å². The van der Waals surface area contributed by atoms with Crippen LogP contribution in [0.5, 0.6) is 5.75 Å². The molecule has 0 saturated carbocycles. The average Bonchev–Trinajstić information content (AvgIpc) is 2.99. The highest BCUT2D eigenvalue weighted by atomic mass is 16.3. The van der Waals surface area contributed by atoms with Gasteiger partial charge >= 0.3 is 0 Å². The van der Waals surface area contributed by atoms with Crippen molar-refractivity contribution in [3.8, 4) is 11.4 Å². The maximum absolute atomic E-state index is 10.7. The molecule has 5 nitrogen and oxygen atoms in total. The number of aromatic hydroxyl groups is 1. The minimum absolute atomic E-state index is 0.0185. The molecule has 1 N–H and O–H groups in total. The number of ketones is 1. The number of phenolic OH excluding ortho intramolecular Hbond substituents is 1. The fourth-order valence-electron chi connectivity index (χ4n) is 2.62. The molecule has 0 aliphatic heterocycles. The number of aromatic nitrogens is 3. The molecule has 0 amide bonds. The van der Waals surface area contributed by atoms with Gasteiger partial charge in [0.15, 0.2) is 5.78 Å². The van der Waals surface area contributed by atoms with Crippen molar-refractivity contribution < 1.29 is 9.90 Å². The first kappa shape index (κ1) is 20.4. The zero-order valence-corrected chi connectivity index (χ0v) is 16.9. The summed E-state index contributed by atoms with van der Waals surface area (Å²) in [6.45, 7) is 15.0. The van der Waals surface area contributed by atoms with Gasteiger partial charge in [-0.1, -0.05) is 39.5 Å². The van der Waals surface area contributed by atoms with E-state index in [0.717, 1.165) is 27.7 Å². The molecular formula is C22H27N3O2. The van der Waals surface area contributed by atoms with E-state index in [0.29, 0.717) is 5.69 Å². The Hall–Kier alpha value is -2.95. The number of nitrogens with zero attached hydrogens (tertiary/aromatic N) is 3. The quantitative estimate of drug-likeness (QED) is 0.662. The van der Waals surface area contributed by atoms with Crippen LogP contribution >= 0.6 is 0 Å². The monoisotopic (exact) mass is 365 g/mol. The maximum Gasteiger partial charge on any atom is 0.152 e. The van der Waals surface area contributed by atoms with Gasteiger partial charge in [-0.2, -0.15) is 0 Å². The number of carbonyl (C=O) groups excluding carboxylic acids is 1. The van der Waals surface area contributed by atoms with Crippen molar-refractivity contribution in [2.24, 2.45) is 0 Å². The van der Waals surface area contributed by atoms with Crippen molar-refractivity contribution in [2.75, 3.05) is 0 Å². The number of rotatable bonds is 2. The second-order valence-corrected chi connectivity index (χ2v) is 7.73. The highest BCUT2D eigenvalue weighted by Gasteiger charge is 2.22. The topological polar surface area (TPSA) is 68.0 Å². The van der Waals surface area contributed by atoms with Gasteiger partial charge in [0.25, 0.3) is 0 Å². The van der Waals surface area contributed by atoms with Crippen LogP contribution in [0.3, 0.4) is 0 Å². The van der Waals surface area contributed by atoms with Crippen molar-refractivity contribution in [1.29, 1.82) is 0 Å². The molecule has 142 valence electrons. The number of carbonyl (C=O) groups is 1. The molecule has 0 saturated heterocycles. The molecule has 0 bridgehead atoms. The van der Waals surface area contributed by atoms with E-state index in [2.05, 4.69) is 37.5 Å². The largest absolute Gasteiger partial charge is 0.505 e. The second kappa shape index (κ2) is 7.74. The summed E-state index contributed by atoms with van der Waals surface area (Å²) in [6.07, 6.45) is 1.28.